The van der Waals surface area contributed by atoms with E-state index in [1.54, 1.807) is 31.4 Å². The van der Waals surface area contributed by atoms with Crippen molar-refractivity contribution in [2.45, 2.75) is 0 Å². The van der Waals surface area contributed by atoms with Gasteiger partial charge in [-0.25, -0.2) is 0 Å². The third-order valence-corrected chi connectivity index (χ3v) is 3.99. The molecule has 23 heavy (non-hydrogen) atoms. The van der Waals surface area contributed by atoms with E-state index in [0.717, 1.165) is 16.3 Å². The lowest BCUT2D eigenvalue weighted by Crippen LogP contribution is -2.00. The summed E-state index contributed by atoms with van der Waals surface area (Å²) in [5, 5.41) is 2.70. The maximum atomic E-state index is 12.5. The molecule has 112 valence electrons. The molecule has 1 aromatic heterocycles. The number of fused-ring (bicyclic) bond motifs is 2. The molecule has 3 heteroatoms. The number of hydrogen-bond donors (Lipinski definition) is 0. The van der Waals surface area contributed by atoms with Crippen LogP contribution in [-0.2, 0) is 0 Å². The molecule has 0 atom stereocenters. The molecule has 0 aliphatic heterocycles. The van der Waals surface area contributed by atoms with Crippen LogP contribution >= 0.6 is 0 Å². The van der Waals surface area contributed by atoms with Crippen molar-refractivity contribution in [2.24, 2.45) is 0 Å². The van der Waals surface area contributed by atoms with Crippen LogP contribution in [0.4, 0.5) is 0 Å². The predicted octanol–water partition coefficient (Wildman–Crippen LogP) is 4.62. The van der Waals surface area contributed by atoms with Gasteiger partial charge in [-0.15, -0.1) is 0 Å². The summed E-state index contributed by atoms with van der Waals surface area (Å²) in [6.07, 6.45) is 0. The summed E-state index contributed by atoms with van der Waals surface area (Å²) in [5.74, 6) is 1.21. The number of ether oxygens (including phenoxy) is 1. The van der Waals surface area contributed by atoms with Gasteiger partial charge >= 0.3 is 0 Å². The van der Waals surface area contributed by atoms with Crippen molar-refractivity contribution in [3.63, 3.8) is 0 Å². The largest absolute Gasteiger partial charge is 0.497 e. The van der Waals surface area contributed by atoms with Gasteiger partial charge in [0, 0.05) is 11.6 Å². The molecule has 0 fully saturated rings. The van der Waals surface area contributed by atoms with Crippen molar-refractivity contribution in [1.29, 1.82) is 0 Å². The zero-order valence-electron chi connectivity index (χ0n) is 12.6. The molecule has 3 nitrogen and oxygen atoms in total. The Bertz CT molecular complexity index is 1070. The second-order valence-electron chi connectivity index (χ2n) is 5.36. The predicted molar refractivity (Wildman–Crippen MR) is 92.0 cm³/mol. The molecule has 0 unspecified atom stereocenters. The van der Waals surface area contributed by atoms with E-state index in [9.17, 15) is 4.79 Å². The fourth-order valence-electron chi connectivity index (χ4n) is 2.84. The van der Waals surface area contributed by atoms with Crippen LogP contribution in [0.15, 0.2) is 75.9 Å². The van der Waals surface area contributed by atoms with Gasteiger partial charge in [-0.1, -0.05) is 42.5 Å². The quantitative estimate of drug-likeness (QED) is 0.542. The first-order chi connectivity index (χ1) is 11.3. The Hall–Kier alpha value is -3.07. The fraction of sp³-hybridized carbons (Fsp3) is 0.0500. The molecule has 1 heterocycles. The molecule has 0 N–H and O–H groups in total. The second-order valence-corrected chi connectivity index (χ2v) is 5.36. The van der Waals surface area contributed by atoms with Crippen LogP contribution in [0.5, 0.6) is 5.75 Å². The molecule has 0 radical (unpaired) electrons. The molecule has 4 aromatic rings. The minimum atomic E-state index is -0.0758. The molecule has 0 saturated heterocycles. The normalized spacial score (nSPS) is 11.0. The molecule has 0 spiro atoms. The second kappa shape index (κ2) is 5.29. The van der Waals surface area contributed by atoms with Gasteiger partial charge in [-0.3, -0.25) is 4.79 Å². The van der Waals surface area contributed by atoms with Crippen molar-refractivity contribution in [3.05, 3.63) is 77.0 Å². The Balaban J connectivity index is 2.00. The highest BCUT2D eigenvalue weighted by molar-refractivity contribution is 5.96. The Morgan fingerprint density at radius 3 is 2.57 bits per heavy atom. The van der Waals surface area contributed by atoms with Gasteiger partial charge in [0.05, 0.1) is 12.5 Å². The van der Waals surface area contributed by atoms with E-state index in [1.165, 1.54) is 0 Å². The summed E-state index contributed by atoms with van der Waals surface area (Å²) >= 11 is 0. The van der Waals surface area contributed by atoms with Crippen molar-refractivity contribution >= 4 is 21.7 Å². The highest BCUT2D eigenvalue weighted by Crippen LogP contribution is 2.30. The van der Waals surface area contributed by atoms with Crippen LogP contribution in [0.2, 0.25) is 0 Å². The highest BCUT2D eigenvalue weighted by Gasteiger charge is 2.10. The fourth-order valence-corrected chi connectivity index (χ4v) is 2.84. The van der Waals surface area contributed by atoms with E-state index in [0.29, 0.717) is 22.5 Å². The highest BCUT2D eigenvalue weighted by atomic mass is 16.5. The Kier molecular flexibility index (Phi) is 3.12. The number of hydrogen-bond acceptors (Lipinski definition) is 3. The first-order valence-corrected chi connectivity index (χ1v) is 7.36. The average Bonchev–Trinajstić information content (AvgIpc) is 2.61. The average molecular weight is 302 g/mol. The molecule has 0 saturated carbocycles. The first-order valence-electron chi connectivity index (χ1n) is 7.36. The van der Waals surface area contributed by atoms with Crippen LogP contribution in [0.1, 0.15) is 0 Å². The van der Waals surface area contributed by atoms with Gasteiger partial charge in [-0.05, 0) is 29.0 Å². The molecule has 0 bridgehead atoms. The zero-order valence-corrected chi connectivity index (χ0v) is 12.6. The topological polar surface area (TPSA) is 39.4 Å². The van der Waals surface area contributed by atoms with Crippen molar-refractivity contribution in [3.8, 4) is 17.1 Å². The Labute approximate surface area is 132 Å². The van der Waals surface area contributed by atoms with Crippen molar-refractivity contribution in [1.82, 2.24) is 0 Å². The van der Waals surface area contributed by atoms with Gasteiger partial charge in [0.15, 0.2) is 5.43 Å². The Morgan fingerprint density at radius 2 is 1.70 bits per heavy atom. The van der Waals surface area contributed by atoms with Crippen LogP contribution < -0.4 is 10.2 Å². The van der Waals surface area contributed by atoms with E-state index in [2.05, 4.69) is 0 Å². The zero-order chi connectivity index (χ0) is 15.8. The minimum Gasteiger partial charge on any atom is -0.497 e. The smallest absolute Gasteiger partial charge is 0.193 e. The Morgan fingerprint density at radius 1 is 0.870 bits per heavy atom. The number of rotatable bonds is 2. The van der Waals surface area contributed by atoms with Crippen LogP contribution in [0.3, 0.4) is 0 Å². The van der Waals surface area contributed by atoms with Crippen molar-refractivity contribution < 1.29 is 9.15 Å². The van der Waals surface area contributed by atoms with E-state index < -0.39 is 0 Å². The maximum absolute atomic E-state index is 12.5. The summed E-state index contributed by atoms with van der Waals surface area (Å²) in [5.41, 5.74) is 1.40. The number of methoxy groups -OCH3 is 1. The maximum Gasteiger partial charge on any atom is 0.193 e. The van der Waals surface area contributed by atoms with Crippen molar-refractivity contribution in [2.75, 3.05) is 7.11 Å². The molecule has 0 aliphatic rings. The summed E-state index contributed by atoms with van der Waals surface area (Å²) in [4.78, 5) is 12.5. The van der Waals surface area contributed by atoms with Crippen LogP contribution in [0.25, 0.3) is 33.1 Å². The summed E-state index contributed by atoms with van der Waals surface area (Å²) in [6, 6.07) is 20.8. The van der Waals surface area contributed by atoms with E-state index in [1.807, 2.05) is 42.5 Å². The lowest BCUT2D eigenvalue weighted by Gasteiger charge is -2.07. The number of benzene rings is 3. The van der Waals surface area contributed by atoms with Gasteiger partial charge < -0.3 is 9.15 Å². The monoisotopic (exact) mass is 302 g/mol. The molecule has 4 rings (SSSR count). The summed E-state index contributed by atoms with van der Waals surface area (Å²) < 4.78 is 11.1. The van der Waals surface area contributed by atoms with E-state index >= 15 is 0 Å². The first kappa shape index (κ1) is 13.6. The van der Waals surface area contributed by atoms with Crippen LogP contribution in [-0.4, -0.2) is 7.11 Å². The van der Waals surface area contributed by atoms with E-state index in [-0.39, 0.29) is 5.43 Å². The third kappa shape index (κ3) is 2.27. The van der Waals surface area contributed by atoms with Crippen LogP contribution in [0, 0.1) is 0 Å². The standard InChI is InChI=1S/C20H14O3/c1-22-14-9-10-19-17(11-14)18(21)12-20(23-19)16-8-4-6-13-5-2-3-7-15(13)16/h2-12H,1H3. The summed E-state index contributed by atoms with van der Waals surface area (Å²) in [6.45, 7) is 0. The van der Waals surface area contributed by atoms with E-state index in [4.69, 9.17) is 9.15 Å². The molecule has 3 aromatic carbocycles. The SMILES string of the molecule is COc1ccc2oc(-c3cccc4ccccc34)cc(=O)c2c1. The van der Waals surface area contributed by atoms with Gasteiger partial charge in [0.2, 0.25) is 0 Å². The summed E-state index contributed by atoms with van der Waals surface area (Å²) in [7, 11) is 1.58. The van der Waals surface area contributed by atoms with Gasteiger partial charge in [0.25, 0.3) is 0 Å². The van der Waals surface area contributed by atoms with Gasteiger partial charge in [-0.2, -0.15) is 0 Å². The molecule has 0 aliphatic carbocycles. The van der Waals surface area contributed by atoms with Gasteiger partial charge in [0.1, 0.15) is 17.1 Å². The molecular formula is C20H14O3. The minimum absolute atomic E-state index is 0.0758. The lowest BCUT2D eigenvalue weighted by molar-refractivity contribution is 0.415. The lowest BCUT2D eigenvalue weighted by atomic mass is 10.0. The molecular weight excluding hydrogens is 288 g/mol. The third-order valence-electron chi connectivity index (χ3n) is 3.99. The molecule has 0 amide bonds.